The van der Waals surface area contributed by atoms with Gasteiger partial charge < -0.3 is 4.90 Å². The molecule has 1 aliphatic heterocycles. The Kier molecular flexibility index (Phi) is 2.97. The van der Waals surface area contributed by atoms with Crippen LogP contribution < -0.4 is 4.90 Å². The molecule has 0 unspecified atom stereocenters. The van der Waals surface area contributed by atoms with E-state index in [4.69, 9.17) is 0 Å². The van der Waals surface area contributed by atoms with Crippen molar-refractivity contribution >= 4 is 11.6 Å². The number of nitrogens with zero attached hydrogens (tertiary/aromatic N) is 1. The zero-order valence-corrected chi connectivity index (χ0v) is 10.4. The lowest BCUT2D eigenvalue weighted by Crippen LogP contribution is -2.29. The largest absolute Gasteiger partial charge is 0.305 e. The normalized spacial score (nSPS) is 13.4. The third kappa shape index (κ3) is 1.95. The molecule has 0 N–H and O–H groups in total. The van der Waals surface area contributed by atoms with Gasteiger partial charge in [-0.3, -0.25) is 4.79 Å². The topological polar surface area (TPSA) is 20.3 Å². The van der Waals surface area contributed by atoms with E-state index in [0.29, 0.717) is 13.0 Å². The van der Waals surface area contributed by atoms with Crippen LogP contribution in [-0.4, -0.2) is 12.5 Å². The molecule has 3 rings (SSSR count). The molecular formula is C15H10F3NO. The van der Waals surface area contributed by atoms with Crippen molar-refractivity contribution in [3.05, 3.63) is 65.0 Å². The summed E-state index contributed by atoms with van der Waals surface area (Å²) < 4.78 is 39.9. The van der Waals surface area contributed by atoms with E-state index in [1.165, 1.54) is 17.0 Å². The summed E-state index contributed by atoms with van der Waals surface area (Å²) >= 11 is 0. The lowest BCUT2D eigenvalue weighted by Gasteiger charge is -2.18. The standard InChI is InChI=1S/C15H10F3NO/c16-11-5-4-10(8-13(11)18)15(20)19-7-6-9-2-1-3-12(17)14(9)19/h1-5,8H,6-7H2. The highest BCUT2D eigenvalue weighted by Crippen LogP contribution is 2.31. The predicted molar refractivity (Wildman–Crippen MR) is 68.1 cm³/mol. The van der Waals surface area contributed by atoms with Gasteiger partial charge in [-0.15, -0.1) is 0 Å². The Bertz CT molecular complexity index is 700. The number of anilines is 1. The molecule has 0 saturated heterocycles. The number of amides is 1. The first-order valence-electron chi connectivity index (χ1n) is 6.12. The lowest BCUT2D eigenvalue weighted by molar-refractivity contribution is 0.0988. The van der Waals surface area contributed by atoms with Crippen LogP contribution in [0.2, 0.25) is 0 Å². The summed E-state index contributed by atoms with van der Waals surface area (Å²) in [5.41, 5.74) is 0.961. The molecule has 0 spiro atoms. The summed E-state index contributed by atoms with van der Waals surface area (Å²) in [6.45, 7) is 0.327. The van der Waals surface area contributed by atoms with Crippen molar-refractivity contribution < 1.29 is 18.0 Å². The zero-order valence-electron chi connectivity index (χ0n) is 10.4. The molecule has 2 aromatic carbocycles. The molecule has 0 bridgehead atoms. The van der Waals surface area contributed by atoms with Gasteiger partial charge in [0.05, 0.1) is 5.69 Å². The maximum absolute atomic E-state index is 13.8. The molecule has 2 nitrogen and oxygen atoms in total. The fraction of sp³-hybridized carbons (Fsp3) is 0.133. The zero-order chi connectivity index (χ0) is 14.3. The highest BCUT2D eigenvalue weighted by atomic mass is 19.2. The quantitative estimate of drug-likeness (QED) is 0.783. The van der Waals surface area contributed by atoms with E-state index in [9.17, 15) is 18.0 Å². The predicted octanol–water partition coefficient (Wildman–Crippen LogP) is 3.31. The van der Waals surface area contributed by atoms with E-state index < -0.39 is 23.4 Å². The van der Waals surface area contributed by atoms with Crippen molar-refractivity contribution in [2.45, 2.75) is 6.42 Å². The number of rotatable bonds is 1. The Labute approximate surface area is 113 Å². The van der Waals surface area contributed by atoms with E-state index in [1.807, 2.05) is 0 Å². The van der Waals surface area contributed by atoms with Gasteiger partial charge >= 0.3 is 0 Å². The number of carbonyl (C=O) groups is 1. The molecular weight excluding hydrogens is 267 g/mol. The Morgan fingerprint density at radius 3 is 2.55 bits per heavy atom. The van der Waals surface area contributed by atoms with Gasteiger partial charge in [0.15, 0.2) is 11.6 Å². The molecule has 102 valence electrons. The average Bonchev–Trinajstić information content (AvgIpc) is 2.86. The van der Waals surface area contributed by atoms with Crippen LogP contribution in [0.4, 0.5) is 18.9 Å². The van der Waals surface area contributed by atoms with Crippen LogP contribution >= 0.6 is 0 Å². The summed E-state index contributed by atoms with van der Waals surface area (Å²) in [4.78, 5) is 13.6. The van der Waals surface area contributed by atoms with Crippen LogP contribution in [0.15, 0.2) is 36.4 Å². The number of carbonyl (C=O) groups excluding carboxylic acids is 1. The minimum Gasteiger partial charge on any atom is -0.305 e. The van der Waals surface area contributed by atoms with Crippen LogP contribution in [0, 0.1) is 17.5 Å². The molecule has 0 atom stereocenters. The Morgan fingerprint density at radius 2 is 1.80 bits per heavy atom. The summed E-state index contributed by atoms with van der Waals surface area (Å²) in [6, 6.07) is 7.52. The Balaban J connectivity index is 1.99. The molecule has 0 radical (unpaired) electrons. The van der Waals surface area contributed by atoms with Gasteiger partial charge in [0.1, 0.15) is 5.82 Å². The molecule has 5 heteroatoms. The third-order valence-corrected chi connectivity index (χ3v) is 3.36. The van der Waals surface area contributed by atoms with E-state index in [1.54, 1.807) is 12.1 Å². The summed E-state index contributed by atoms with van der Waals surface area (Å²) in [6.07, 6.45) is 0.544. The molecule has 1 heterocycles. The fourth-order valence-corrected chi connectivity index (χ4v) is 2.40. The number of hydrogen-bond acceptors (Lipinski definition) is 1. The van der Waals surface area contributed by atoms with Crippen molar-refractivity contribution in [2.24, 2.45) is 0 Å². The molecule has 0 fully saturated rings. The molecule has 2 aromatic rings. The van der Waals surface area contributed by atoms with Crippen LogP contribution in [0.5, 0.6) is 0 Å². The van der Waals surface area contributed by atoms with Crippen molar-refractivity contribution in [3.63, 3.8) is 0 Å². The molecule has 1 aliphatic rings. The first-order valence-corrected chi connectivity index (χ1v) is 6.12. The van der Waals surface area contributed by atoms with Crippen LogP contribution in [0.25, 0.3) is 0 Å². The van der Waals surface area contributed by atoms with Gasteiger partial charge in [0, 0.05) is 12.1 Å². The van der Waals surface area contributed by atoms with Gasteiger partial charge in [-0.05, 0) is 36.2 Å². The Morgan fingerprint density at radius 1 is 1.00 bits per heavy atom. The third-order valence-electron chi connectivity index (χ3n) is 3.36. The minimum atomic E-state index is -1.09. The van der Waals surface area contributed by atoms with Crippen molar-refractivity contribution in [1.82, 2.24) is 0 Å². The average molecular weight is 277 g/mol. The highest BCUT2D eigenvalue weighted by Gasteiger charge is 2.28. The van der Waals surface area contributed by atoms with E-state index in [-0.39, 0.29) is 11.3 Å². The van der Waals surface area contributed by atoms with Gasteiger partial charge in [0.2, 0.25) is 0 Å². The number of para-hydroxylation sites is 1. The van der Waals surface area contributed by atoms with Gasteiger partial charge in [-0.2, -0.15) is 0 Å². The van der Waals surface area contributed by atoms with Crippen LogP contribution in [0.3, 0.4) is 0 Å². The van der Waals surface area contributed by atoms with Crippen molar-refractivity contribution in [3.8, 4) is 0 Å². The maximum atomic E-state index is 13.8. The van der Waals surface area contributed by atoms with Gasteiger partial charge in [-0.25, -0.2) is 13.2 Å². The van der Waals surface area contributed by atoms with E-state index in [2.05, 4.69) is 0 Å². The lowest BCUT2D eigenvalue weighted by atomic mass is 10.1. The second-order valence-electron chi connectivity index (χ2n) is 4.58. The molecule has 0 aromatic heterocycles. The molecule has 20 heavy (non-hydrogen) atoms. The molecule has 0 saturated carbocycles. The highest BCUT2D eigenvalue weighted by molar-refractivity contribution is 6.07. The molecule has 1 amide bonds. The summed E-state index contributed by atoms with van der Waals surface area (Å²) in [7, 11) is 0. The molecule has 0 aliphatic carbocycles. The second-order valence-corrected chi connectivity index (χ2v) is 4.58. The number of halogens is 3. The second kappa shape index (κ2) is 4.67. The van der Waals surface area contributed by atoms with Gasteiger partial charge in [0.25, 0.3) is 5.91 Å². The number of hydrogen-bond donors (Lipinski definition) is 0. The van der Waals surface area contributed by atoms with Gasteiger partial charge in [-0.1, -0.05) is 12.1 Å². The first kappa shape index (κ1) is 12.7. The SMILES string of the molecule is O=C(c1ccc(F)c(F)c1)N1CCc2cccc(F)c21. The van der Waals surface area contributed by atoms with Crippen LogP contribution in [-0.2, 0) is 6.42 Å². The first-order chi connectivity index (χ1) is 9.58. The van der Waals surface area contributed by atoms with E-state index in [0.717, 1.165) is 17.7 Å². The maximum Gasteiger partial charge on any atom is 0.258 e. The summed E-state index contributed by atoms with van der Waals surface area (Å²) in [5, 5.41) is 0. The monoisotopic (exact) mass is 277 g/mol. The van der Waals surface area contributed by atoms with Crippen molar-refractivity contribution in [2.75, 3.05) is 11.4 Å². The fourth-order valence-electron chi connectivity index (χ4n) is 2.40. The summed E-state index contributed by atoms with van der Waals surface area (Å²) in [5.74, 6) is -3.14. The van der Waals surface area contributed by atoms with Crippen LogP contribution in [0.1, 0.15) is 15.9 Å². The minimum absolute atomic E-state index is 0.00000283. The number of benzene rings is 2. The van der Waals surface area contributed by atoms with E-state index >= 15 is 0 Å². The number of fused-ring (bicyclic) bond motifs is 1. The smallest absolute Gasteiger partial charge is 0.258 e. The van der Waals surface area contributed by atoms with Crippen molar-refractivity contribution in [1.29, 1.82) is 0 Å². The Hall–Kier alpha value is -2.30.